The number of methoxy groups -OCH3 is 1. The van der Waals surface area contributed by atoms with Crippen LogP contribution in [0, 0.1) is 0 Å². The second kappa shape index (κ2) is 10.2. The van der Waals surface area contributed by atoms with Crippen LogP contribution in [0.5, 0.6) is 11.5 Å². The van der Waals surface area contributed by atoms with Crippen LogP contribution < -0.4 is 4.74 Å². The minimum absolute atomic E-state index is 0.104. The average molecular weight is 544 g/mol. The smallest absolute Gasteiger partial charge is 0.251 e. The van der Waals surface area contributed by atoms with E-state index in [-0.39, 0.29) is 5.75 Å². The Kier molecular flexibility index (Phi) is 7.13. The lowest BCUT2D eigenvalue weighted by Gasteiger charge is -2.00. The van der Waals surface area contributed by atoms with Crippen LogP contribution in [-0.2, 0) is 0 Å². The van der Waals surface area contributed by atoms with Gasteiger partial charge in [-0.25, -0.2) is 14.7 Å². The number of hydrogen-bond donors (Lipinski definition) is 1. The van der Waals surface area contributed by atoms with Crippen molar-refractivity contribution in [3.8, 4) is 22.8 Å². The molecule has 0 amide bonds. The van der Waals surface area contributed by atoms with Gasteiger partial charge in [0.05, 0.1) is 30.2 Å². The van der Waals surface area contributed by atoms with Crippen molar-refractivity contribution in [2.24, 2.45) is 10.1 Å². The van der Waals surface area contributed by atoms with Crippen molar-refractivity contribution in [3.05, 3.63) is 92.5 Å². The highest BCUT2D eigenvalue weighted by molar-refractivity contribution is 9.10. The van der Waals surface area contributed by atoms with E-state index in [1.807, 2.05) is 24.3 Å². The highest BCUT2D eigenvalue weighted by Gasteiger charge is 2.10. The fraction of sp³-hybridized carbons (Fsp3) is 0.0417. The number of ether oxygens (including phenoxy) is 1. The summed E-state index contributed by atoms with van der Waals surface area (Å²) in [6.07, 6.45) is 4.89. The third kappa shape index (κ3) is 5.63. The molecule has 1 N–H and O–H groups in total. The topological polar surface area (TPSA) is 72.0 Å². The summed E-state index contributed by atoms with van der Waals surface area (Å²) >= 11 is 15.6. The fourth-order valence-electron chi connectivity index (χ4n) is 2.92. The third-order valence-corrected chi connectivity index (χ3v) is 5.70. The minimum Gasteiger partial charge on any atom is -0.507 e. The minimum atomic E-state index is 0.104. The lowest BCUT2D eigenvalue weighted by atomic mass is 10.2. The molecule has 4 rings (SSSR count). The molecule has 33 heavy (non-hydrogen) atoms. The summed E-state index contributed by atoms with van der Waals surface area (Å²) in [5.74, 6) is 1.17. The van der Waals surface area contributed by atoms with Gasteiger partial charge in [-0.15, -0.1) is 0 Å². The zero-order chi connectivity index (χ0) is 23.4. The summed E-state index contributed by atoms with van der Waals surface area (Å²) in [7, 11) is 1.62. The van der Waals surface area contributed by atoms with Gasteiger partial charge in [0.1, 0.15) is 11.5 Å². The molecule has 6 nitrogen and oxygen atoms in total. The molecular formula is C24H17BrCl2N4O2. The van der Waals surface area contributed by atoms with Gasteiger partial charge in [-0.05, 0) is 54.6 Å². The lowest BCUT2D eigenvalue weighted by molar-refractivity contribution is 0.415. The van der Waals surface area contributed by atoms with Crippen LogP contribution in [-0.4, -0.2) is 34.3 Å². The number of halogens is 3. The Balaban J connectivity index is 1.73. The first-order valence-electron chi connectivity index (χ1n) is 9.69. The van der Waals surface area contributed by atoms with Crippen molar-refractivity contribution in [1.29, 1.82) is 0 Å². The number of rotatable bonds is 6. The summed E-state index contributed by atoms with van der Waals surface area (Å²) in [6, 6.07) is 17.8. The van der Waals surface area contributed by atoms with E-state index in [2.05, 4.69) is 31.0 Å². The van der Waals surface area contributed by atoms with Gasteiger partial charge >= 0.3 is 0 Å². The number of benzene rings is 3. The predicted octanol–water partition coefficient (Wildman–Crippen LogP) is 6.97. The molecule has 0 atom stereocenters. The van der Waals surface area contributed by atoms with Crippen molar-refractivity contribution in [2.75, 3.05) is 7.11 Å². The number of aromatic hydroxyl groups is 1. The fourth-order valence-corrected chi connectivity index (χ4v) is 3.76. The van der Waals surface area contributed by atoms with Gasteiger partial charge in [0.15, 0.2) is 0 Å². The maximum atomic E-state index is 10.1. The van der Waals surface area contributed by atoms with Crippen LogP contribution in [0.2, 0.25) is 10.0 Å². The first-order valence-corrected chi connectivity index (χ1v) is 11.2. The summed E-state index contributed by atoms with van der Waals surface area (Å²) in [5.41, 5.74) is 2.77. The van der Waals surface area contributed by atoms with Crippen LogP contribution in [0.1, 0.15) is 11.1 Å². The molecule has 4 aromatic rings. The Hall–Kier alpha value is -3.13. The number of imidazole rings is 1. The third-order valence-electron chi connectivity index (χ3n) is 4.65. The van der Waals surface area contributed by atoms with Crippen LogP contribution >= 0.6 is 39.1 Å². The second-order valence-electron chi connectivity index (χ2n) is 6.87. The molecule has 0 saturated heterocycles. The summed E-state index contributed by atoms with van der Waals surface area (Å²) in [5, 5.41) is 15.6. The normalized spacial score (nSPS) is 11.5. The van der Waals surface area contributed by atoms with Crippen LogP contribution in [0.4, 0.5) is 5.95 Å². The maximum Gasteiger partial charge on any atom is 0.251 e. The van der Waals surface area contributed by atoms with Gasteiger partial charge in [0.2, 0.25) is 0 Å². The SMILES string of the molecule is COc1ccc(-c2cn(N=Cc3ccc(Cl)cc3Cl)c(/N=C/c3cc(Br)ccc3O)n2)cc1. The quantitative estimate of drug-likeness (QED) is 0.267. The molecule has 0 aliphatic carbocycles. The van der Waals surface area contributed by atoms with Crippen LogP contribution in [0.25, 0.3) is 11.3 Å². The number of phenols is 1. The Labute approximate surface area is 208 Å². The maximum absolute atomic E-state index is 10.1. The van der Waals surface area contributed by atoms with E-state index in [4.69, 9.17) is 27.9 Å². The molecule has 3 aromatic carbocycles. The van der Waals surface area contributed by atoms with Gasteiger partial charge in [0, 0.05) is 32.4 Å². The number of phenolic OH excluding ortho intramolecular Hbond substituents is 1. The van der Waals surface area contributed by atoms with Crippen LogP contribution in [0.3, 0.4) is 0 Å². The van der Waals surface area contributed by atoms with Crippen molar-refractivity contribution in [1.82, 2.24) is 9.66 Å². The number of aromatic nitrogens is 2. The monoisotopic (exact) mass is 542 g/mol. The van der Waals surface area contributed by atoms with Crippen molar-refractivity contribution in [3.63, 3.8) is 0 Å². The zero-order valence-corrected chi connectivity index (χ0v) is 20.4. The van der Waals surface area contributed by atoms with E-state index in [1.165, 1.54) is 10.9 Å². The number of aliphatic imine (C=N–C) groups is 1. The Morgan fingerprint density at radius 2 is 1.79 bits per heavy atom. The molecule has 0 spiro atoms. The first-order chi connectivity index (χ1) is 15.9. The summed E-state index contributed by atoms with van der Waals surface area (Å²) < 4.78 is 7.58. The van der Waals surface area contributed by atoms with Gasteiger partial charge in [0.25, 0.3) is 5.95 Å². The summed E-state index contributed by atoms with van der Waals surface area (Å²) in [6.45, 7) is 0. The zero-order valence-electron chi connectivity index (χ0n) is 17.3. The molecule has 0 fully saturated rings. The molecule has 0 unspecified atom stereocenters. The Bertz CT molecular complexity index is 1350. The largest absolute Gasteiger partial charge is 0.507 e. The Morgan fingerprint density at radius 1 is 1.00 bits per heavy atom. The Morgan fingerprint density at radius 3 is 2.52 bits per heavy atom. The molecule has 9 heteroatoms. The average Bonchev–Trinajstić information content (AvgIpc) is 3.22. The molecule has 1 aromatic heterocycles. The molecular weight excluding hydrogens is 527 g/mol. The van der Waals surface area contributed by atoms with E-state index in [0.29, 0.717) is 32.8 Å². The molecule has 0 bridgehead atoms. The van der Waals surface area contributed by atoms with Crippen molar-refractivity contribution >= 4 is 57.5 Å². The van der Waals surface area contributed by atoms with E-state index < -0.39 is 0 Å². The molecule has 0 radical (unpaired) electrons. The number of hydrogen-bond acceptors (Lipinski definition) is 5. The predicted molar refractivity (Wildman–Crippen MR) is 137 cm³/mol. The van der Waals surface area contributed by atoms with Gasteiger partial charge in [-0.1, -0.05) is 45.2 Å². The molecule has 0 saturated carbocycles. The summed E-state index contributed by atoms with van der Waals surface area (Å²) in [4.78, 5) is 9.08. The van der Waals surface area contributed by atoms with E-state index in [9.17, 15) is 5.11 Å². The van der Waals surface area contributed by atoms with E-state index >= 15 is 0 Å². The van der Waals surface area contributed by atoms with Gasteiger partial charge in [-0.2, -0.15) is 5.10 Å². The molecule has 0 aliphatic rings. The molecule has 0 aliphatic heterocycles. The van der Waals surface area contributed by atoms with Crippen LogP contribution in [0.15, 0.2) is 81.4 Å². The first kappa shape index (κ1) is 23.0. The molecule has 1 heterocycles. The highest BCUT2D eigenvalue weighted by Crippen LogP contribution is 2.26. The van der Waals surface area contributed by atoms with Crippen molar-refractivity contribution in [2.45, 2.75) is 0 Å². The van der Waals surface area contributed by atoms with Gasteiger partial charge in [-0.3, -0.25) is 0 Å². The number of nitrogens with zero attached hydrogens (tertiary/aromatic N) is 4. The van der Waals surface area contributed by atoms with E-state index in [0.717, 1.165) is 15.8 Å². The molecule has 166 valence electrons. The lowest BCUT2D eigenvalue weighted by Crippen LogP contribution is -1.91. The van der Waals surface area contributed by atoms with Gasteiger partial charge < -0.3 is 9.84 Å². The highest BCUT2D eigenvalue weighted by atomic mass is 79.9. The second-order valence-corrected chi connectivity index (χ2v) is 8.63. The standard InChI is InChI=1S/C24H17BrCl2N4O2/c1-33-20-7-3-15(4-8-20)22-14-31(29-13-16-2-6-19(26)11-21(16)27)24(30-22)28-12-17-10-18(25)5-9-23(17)32/h2-14,32H,1H3/b28-12+,29-13?. The van der Waals surface area contributed by atoms with Crippen molar-refractivity contribution < 1.29 is 9.84 Å². The van der Waals surface area contributed by atoms with E-state index in [1.54, 1.807) is 55.9 Å².